The standard InChI is InChI=1S/C4H7NO2/c1-2-7-4(6)3-5/h3,5H,2H2,1H3/b5-3+. The first kappa shape index (κ1) is 4.30. The van der Waals surface area contributed by atoms with E-state index in [9.17, 15) is 4.79 Å². The summed E-state index contributed by atoms with van der Waals surface area (Å²) in [5.41, 5.74) is 0. The molecule has 0 aromatic carbocycles. The van der Waals surface area contributed by atoms with Crippen molar-refractivity contribution < 1.29 is 10.9 Å². The normalized spacial score (nSPS) is 11.3. The molecule has 0 spiro atoms. The molecule has 0 saturated heterocycles. The van der Waals surface area contributed by atoms with Crippen molar-refractivity contribution in [1.82, 2.24) is 0 Å². The average molecular weight is 101 g/mol. The van der Waals surface area contributed by atoms with Gasteiger partial charge in [0.25, 0.3) is 0 Å². The number of carbonyl (C=O) groups is 1. The number of hydrogen-bond acceptors (Lipinski definition) is 3. The van der Waals surface area contributed by atoms with Gasteiger partial charge in [0.15, 0.2) is 1.41 Å². The molecule has 0 aliphatic heterocycles. The summed E-state index contributed by atoms with van der Waals surface area (Å²) in [5.74, 6) is -0.567. The summed E-state index contributed by atoms with van der Waals surface area (Å²) in [6.45, 7) is 2.01. The maximum absolute atomic E-state index is 10.2. The van der Waals surface area contributed by atoms with Crippen LogP contribution >= 0.6 is 0 Å². The third kappa shape index (κ3) is 2.96. The molecule has 7 heavy (non-hydrogen) atoms. The van der Waals surface area contributed by atoms with Crippen LogP contribution in [0.25, 0.3) is 0 Å². The van der Waals surface area contributed by atoms with Crippen LogP contribution in [0.4, 0.5) is 0 Å². The molecule has 40 valence electrons. The minimum atomic E-state index is -0.567. The molecule has 0 amide bonds. The summed E-state index contributed by atoms with van der Waals surface area (Å²) >= 11 is 0. The molecule has 0 heterocycles. The number of esters is 1. The predicted molar refractivity (Wildman–Crippen MR) is 25.4 cm³/mol. The van der Waals surface area contributed by atoms with E-state index in [4.69, 9.17) is 1.41 Å². The van der Waals surface area contributed by atoms with E-state index in [1.54, 1.807) is 6.92 Å². The lowest BCUT2D eigenvalue weighted by atomic mass is 10.7. The van der Waals surface area contributed by atoms with E-state index >= 15 is 0 Å². The second kappa shape index (κ2) is 3.33. The van der Waals surface area contributed by atoms with Gasteiger partial charge in [-0.25, -0.2) is 4.79 Å². The molecule has 0 unspecified atom stereocenters. The van der Waals surface area contributed by atoms with Gasteiger partial charge in [-0.2, -0.15) is 0 Å². The molecule has 0 fully saturated rings. The Labute approximate surface area is 43.3 Å². The highest BCUT2D eigenvalue weighted by Gasteiger charge is 1.88. The van der Waals surface area contributed by atoms with Gasteiger partial charge in [-0.3, -0.25) is 0 Å². The second-order valence-electron chi connectivity index (χ2n) is 0.881. The summed E-state index contributed by atoms with van der Waals surface area (Å²) in [5, 5.41) is 2.70. The summed E-state index contributed by atoms with van der Waals surface area (Å²) in [4.78, 5) is 10.2. The zero-order valence-electron chi connectivity index (χ0n) is 5.05. The first-order chi connectivity index (χ1) is 3.81. The fraction of sp³-hybridized carbons (Fsp3) is 0.500. The molecular formula is C4H7NO2. The Hall–Kier alpha value is -0.860. The Morgan fingerprint density at radius 2 is 3.00 bits per heavy atom. The molecule has 0 saturated carbocycles. The molecule has 0 aliphatic rings. The molecule has 0 rings (SSSR count). The molecule has 0 radical (unpaired) electrons. The fourth-order valence-corrected chi connectivity index (χ4v) is 0.180. The van der Waals surface area contributed by atoms with Crippen molar-refractivity contribution in [3.8, 4) is 0 Å². The quantitative estimate of drug-likeness (QED) is 0.399. The summed E-state index contributed by atoms with van der Waals surface area (Å²) in [6.07, 6.45) is 0.809. The van der Waals surface area contributed by atoms with Gasteiger partial charge >= 0.3 is 5.97 Å². The first-order valence-corrected chi connectivity index (χ1v) is 1.95. The minimum Gasteiger partial charge on any atom is -0.462 e. The predicted octanol–water partition coefficient (Wildman–Crippen LogP) is 0.199. The van der Waals surface area contributed by atoms with Gasteiger partial charge in [-0.05, 0) is 6.92 Å². The fourth-order valence-electron chi connectivity index (χ4n) is 0.180. The lowest BCUT2D eigenvalue weighted by molar-refractivity contribution is -0.134. The van der Waals surface area contributed by atoms with Crippen LogP contribution < -0.4 is 0 Å². The van der Waals surface area contributed by atoms with Crippen molar-refractivity contribution in [3.05, 3.63) is 0 Å². The van der Waals surface area contributed by atoms with Gasteiger partial charge in [0.1, 0.15) is 6.21 Å². The van der Waals surface area contributed by atoms with E-state index in [2.05, 4.69) is 10.1 Å². The Balaban J connectivity index is 3.33. The van der Waals surface area contributed by atoms with E-state index < -0.39 is 5.97 Å². The van der Waals surface area contributed by atoms with Gasteiger partial charge in [-0.15, -0.1) is 0 Å². The van der Waals surface area contributed by atoms with Crippen LogP contribution in [-0.4, -0.2) is 18.8 Å². The smallest absolute Gasteiger partial charge is 0.348 e. The van der Waals surface area contributed by atoms with E-state index in [1.807, 2.05) is 0 Å². The summed E-state index contributed by atoms with van der Waals surface area (Å²) in [7, 11) is 0. The van der Waals surface area contributed by atoms with Gasteiger partial charge in [0.2, 0.25) is 0 Å². The van der Waals surface area contributed by atoms with Gasteiger partial charge in [0.05, 0.1) is 6.61 Å². The molecular weight excluding hydrogens is 94.0 g/mol. The van der Waals surface area contributed by atoms with Crippen LogP contribution in [0.1, 0.15) is 6.92 Å². The second-order valence-corrected chi connectivity index (χ2v) is 0.881. The Morgan fingerprint density at radius 3 is 3.43 bits per heavy atom. The lowest BCUT2D eigenvalue weighted by Crippen LogP contribution is -2.02. The Morgan fingerprint density at radius 1 is 2.29 bits per heavy atom. The van der Waals surface area contributed by atoms with E-state index in [-0.39, 0.29) is 0 Å². The monoisotopic (exact) mass is 101 g/mol. The number of nitrogens with one attached hydrogen (secondary N) is 1. The number of hydrogen-bond donors (Lipinski definition) is 1. The Kier molecular flexibility index (Phi) is 2.05. The molecule has 3 nitrogen and oxygen atoms in total. The van der Waals surface area contributed by atoms with Gasteiger partial charge in [0, 0.05) is 0 Å². The summed E-state index contributed by atoms with van der Waals surface area (Å²) < 4.78 is 10.6. The molecule has 0 aromatic rings. The van der Waals surface area contributed by atoms with Crippen LogP contribution in [0.2, 0.25) is 1.41 Å². The van der Waals surface area contributed by atoms with Crippen LogP contribution in [0.15, 0.2) is 0 Å². The van der Waals surface area contributed by atoms with Crippen molar-refractivity contribution >= 4 is 12.2 Å². The highest BCUT2D eigenvalue weighted by Crippen LogP contribution is 1.68. The highest BCUT2D eigenvalue weighted by atomic mass is 16.5. The molecule has 1 N–H and O–H groups in total. The van der Waals surface area contributed by atoms with E-state index in [0.29, 0.717) is 6.61 Å². The first-order valence-electron chi connectivity index (χ1n) is 2.40. The molecule has 0 aromatic heterocycles. The average Bonchev–Trinajstić information content (AvgIpc) is 1.68. The van der Waals surface area contributed by atoms with Crippen LogP contribution in [-0.2, 0) is 9.53 Å². The SMILES string of the molecule is [H]/N=C/C(=O)OCC. The molecule has 0 bridgehead atoms. The van der Waals surface area contributed by atoms with Crippen molar-refractivity contribution in [2.24, 2.45) is 0 Å². The van der Waals surface area contributed by atoms with Crippen molar-refractivity contribution in [3.63, 3.8) is 0 Å². The van der Waals surface area contributed by atoms with E-state index in [0.717, 1.165) is 6.21 Å². The molecule has 3 heteroatoms. The lowest BCUT2D eigenvalue weighted by Gasteiger charge is -1.89. The van der Waals surface area contributed by atoms with Crippen LogP contribution in [0.5, 0.6) is 0 Å². The summed E-state index contributed by atoms with van der Waals surface area (Å²) in [6, 6.07) is 0. The topological polar surface area (TPSA) is 50.2 Å². The van der Waals surface area contributed by atoms with Crippen LogP contribution in [0.3, 0.4) is 0 Å². The number of carbonyl (C=O) groups excluding carboxylic acids is 1. The number of rotatable bonds is 2. The highest BCUT2D eigenvalue weighted by molar-refractivity contribution is 6.21. The maximum atomic E-state index is 10.2. The van der Waals surface area contributed by atoms with Crippen molar-refractivity contribution in [2.75, 3.05) is 6.61 Å². The van der Waals surface area contributed by atoms with Crippen molar-refractivity contribution in [1.29, 1.82) is 5.40 Å². The third-order valence-corrected chi connectivity index (χ3v) is 0.392. The molecule has 0 aliphatic carbocycles. The number of ether oxygens (including phenoxy) is 1. The van der Waals surface area contributed by atoms with Gasteiger partial charge in [-0.1, -0.05) is 0 Å². The third-order valence-electron chi connectivity index (χ3n) is 0.392. The Bertz CT molecular complexity index is 102. The maximum Gasteiger partial charge on any atom is 0.348 e. The zero-order chi connectivity index (χ0) is 6.41. The molecule has 0 atom stereocenters. The van der Waals surface area contributed by atoms with Gasteiger partial charge < -0.3 is 10.1 Å². The minimum absolute atomic E-state index is 0.324. The van der Waals surface area contributed by atoms with Crippen molar-refractivity contribution in [2.45, 2.75) is 6.92 Å². The van der Waals surface area contributed by atoms with Crippen LogP contribution in [0, 0.1) is 5.40 Å². The largest absolute Gasteiger partial charge is 0.462 e. The van der Waals surface area contributed by atoms with E-state index in [1.165, 1.54) is 0 Å². The zero-order valence-corrected chi connectivity index (χ0v) is 4.05.